The molecule has 5 aliphatic carbocycles. The van der Waals surface area contributed by atoms with Crippen molar-refractivity contribution in [3.05, 3.63) is 11.6 Å². The Kier molecular flexibility index (Phi) is 6.76. The molecule has 0 bridgehead atoms. The van der Waals surface area contributed by atoms with Gasteiger partial charge >= 0.3 is 11.9 Å². The SMILES string of the molecule is CCCC(=O)O[C@H]1CC[C@]2(C)[C@H]3CC=C4C5[C@@H](C)[C@H](C)CC[C@]5(C(=O)O)CC[C@@]4(C)[C@]3(C)CC[C@H]2C1(C)C. The molecule has 4 saturated carbocycles. The maximum Gasteiger partial charge on any atom is 0.310 e. The van der Waals surface area contributed by atoms with E-state index < -0.39 is 11.4 Å². The Hall–Kier alpha value is -1.32. The summed E-state index contributed by atoms with van der Waals surface area (Å²) in [7, 11) is 0. The van der Waals surface area contributed by atoms with Gasteiger partial charge in [0, 0.05) is 11.8 Å². The predicted octanol–water partition coefficient (Wildman–Crippen LogP) is 8.44. The molecule has 0 heterocycles. The number of allylic oxidation sites excluding steroid dienone is 2. The number of aliphatic carboxylic acids is 1. The van der Waals surface area contributed by atoms with E-state index >= 15 is 0 Å². The van der Waals surface area contributed by atoms with Crippen LogP contribution < -0.4 is 0 Å². The first-order valence-corrected chi connectivity index (χ1v) is 15.8. The Morgan fingerprint density at radius 1 is 0.947 bits per heavy atom. The summed E-state index contributed by atoms with van der Waals surface area (Å²) in [6.07, 6.45) is 13.1. The van der Waals surface area contributed by atoms with Crippen LogP contribution in [-0.2, 0) is 14.3 Å². The molecule has 0 spiro atoms. The van der Waals surface area contributed by atoms with Crippen LogP contribution in [0.2, 0.25) is 0 Å². The standard InChI is InChI=1S/C34H54O4/c1-9-10-27(35)38-26-15-16-31(6)24(30(26,4)5)14-17-33(8)25(31)12-11-23-28-22(3)21(2)13-18-34(28,29(36)37)20-19-32(23,33)7/h11,21-22,24-26,28H,9-10,12-20H2,1-8H3,(H,36,37)/t21-,22+,24+,25-,26+,28?,31+,32-,33-,34+/m1/s1. The number of carbonyl (C=O) groups is 2. The number of carbonyl (C=O) groups excluding carboxylic acids is 1. The number of carboxylic acids is 1. The molecule has 5 rings (SSSR count). The highest BCUT2D eigenvalue weighted by molar-refractivity contribution is 5.76. The van der Waals surface area contributed by atoms with Gasteiger partial charge in [0.05, 0.1) is 5.41 Å². The van der Waals surface area contributed by atoms with Gasteiger partial charge in [0.25, 0.3) is 0 Å². The molecule has 4 heteroatoms. The quantitative estimate of drug-likeness (QED) is 0.295. The van der Waals surface area contributed by atoms with Crippen LogP contribution in [0.25, 0.3) is 0 Å². The zero-order valence-corrected chi connectivity index (χ0v) is 25.5. The highest BCUT2D eigenvalue weighted by Crippen LogP contribution is 2.75. The molecule has 214 valence electrons. The molecule has 0 aliphatic heterocycles. The summed E-state index contributed by atoms with van der Waals surface area (Å²) in [4.78, 5) is 25.4. The van der Waals surface area contributed by atoms with Crippen LogP contribution in [0, 0.1) is 56.7 Å². The highest BCUT2D eigenvalue weighted by atomic mass is 16.5. The van der Waals surface area contributed by atoms with Crippen LogP contribution >= 0.6 is 0 Å². The monoisotopic (exact) mass is 526 g/mol. The topological polar surface area (TPSA) is 63.6 Å². The first-order chi connectivity index (χ1) is 17.7. The molecule has 4 nitrogen and oxygen atoms in total. The molecule has 10 atom stereocenters. The van der Waals surface area contributed by atoms with Crippen LogP contribution in [0.3, 0.4) is 0 Å². The number of hydrogen-bond acceptors (Lipinski definition) is 3. The number of ether oxygens (including phenoxy) is 1. The van der Waals surface area contributed by atoms with Crippen molar-refractivity contribution in [2.45, 2.75) is 132 Å². The van der Waals surface area contributed by atoms with E-state index in [1.54, 1.807) is 0 Å². The van der Waals surface area contributed by atoms with E-state index in [0.717, 1.165) is 51.4 Å². The van der Waals surface area contributed by atoms with Gasteiger partial charge in [0.2, 0.25) is 0 Å². The molecular formula is C34H54O4. The fraction of sp³-hybridized carbons (Fsp3) is 0.882. The molecule has 0 aromatic heterocycles. The second-order valence-electron chi connectivity index (χ2n) is 15.7. The lowest BCUT2D eigenvalue weighted by Gasteiger charge is -2.71. The third-order valence-corrected chi connectivity index (χ3v) is 14.1. The van der Waals surface area contributed by atoms with Crippen molar-refractivity contribution in [2.24, 2.45) is 56.7 Å². The number of rotatable bonds is 4. The summed E-state index contributed by atoms with van der Waals surface area (Å²) in [6.45, 7) is 19.1. The van der Waals surface area contributed by atoms with Gasteiger partial charge in [-0.1, -0.05) is 67.0 Å². The van der Waals surface area contributed by atoms with E-state index in [4.69, 9.17) is 4.74 Å². The fourth-order valence-corrected chi connectivity index (χ4v) is 11.5. The summed E-state index contributed by atoms with van der Waals surface area (Å²) in [5.41, 5.74) is 1.29. The molecule has 4 fully saturated rings. The highest BCUT2D eigenvalue weighted by Gasteiger charge is 2.69. The van der Waals surface area contributed by atoms with E-state index in [1.165, 1.54) is 18.4 Å². The van der Waals surface area contributed by atoms with Crippen molar-refractivity contribution >= 4 is 11.9 Å². The largest absolute Gasteiger partial charge is 0.481 e. The average Bonchev–Trinajstić information content (AvgIpc) is 2.83. The van der Waals surface area contributed by atoms with Gasteiger partial charge in [-0.15, -0.1) is 0 Å². The molecule has 38 heavy (non-hydrogen) atoms. The summed E-state index contributed by atoms with van der Waals surface area (Å²) in [5, 5.41) is 10.6. The third kappa shape index (κ3) is 3.59. The van der Waals surface area contributed by atoms with Crippen LogP contribution in [0.1, 0.15) is 126 Å². The lowest BCUT2D eigenvalue weighted by atomic mass is 9.33. The third-order valence-electron chi connectivity index (χ3n) is 14.1. The van der Waals surface area contributed by atoms with E-state index in [1.807, 2.05) is 6.92 Å². The van der Waals surface area contributed by atoms with Crippen LogP contribution in [0.5, 0.6) is 0 Å². The first-order valence-electron chi connectivity index (χ1n) is 15.8. The molecule has 0 radical (unpaired) electrons. The van der Waals surface area contributed by atoms with E-state index in [0.29, 0.717) is 30.1 Å². The second kappa shape index (κ2) is 9.10. The Morgan fingerprint density at radius 2 is 1.66 bits per heavy atom. The maximum atomic E-state index is 12.9. The molecule has 0 aromatic carbocycles. The van der Waals surface area contributed by atoms with Crippen molar-refractivity contribution in [2.75, 3.05) is 0 Å². The predicted molar refractivity (Wildman–Crippen MR) is 151 cm³/mol. The zero-order chi connectivity index (χ0) is 27.9. The Labute approximate surface area is 231 Å². The van der Waals surface area contributed by atoms with Gasteiger partial charge in [0.15, 0.2) is 0 Å². The minimum atomic E-state index is -0.579. The minimum absolute atomic E-state index is 0.00435. The lowest BCUT2D eigenvalue weighted by molar-refractivity contribution is -0.214. The van der Waals surface area contributed by atoms with Crippen LogP contribution in [-0.4, -0.2) is 23.1 Å². The van der Waals surface area contributed by atoms with Crippen molar-refractivity contribution in [1.82, 2.24) is 0 Å². The Balaban J connectivity index is 1.52. The Morgan fingerprint density at radius 3 is 2.32 bits per heavy atom. The van der Waals surface area contributed by atoms with Gasteiger partial charge in [-0.2, -0.15) is 0 Å². The fourth-order valence-electron chi connectivity index (χ4n) is 11.5. The number of esters is 1. The van der Waals surface area contributed by atoms with E-state index in [2.05, 4.69) is 54.5 Å². The summed E-state index contributed by atoms with van der Waals surface area (Å²) >= 11 is 0. The van der Waals surface area contributed by atoms with Gasteiger partial charge < -0.3 is 9.84 Å². The molecular weight excluding hydrogens is 472 g/mol. The smallest absolute Gasteiger partial charge is 0.310 e. The van der Waals surface area contributed by atoms with E-state index in [-0.39, 0.29) is 39.7 Å². The van der Waals surface area contributed by atoms with Gasteiger partial charge in [-0.3, -0.25) is 9.59 Å². The summed E-state index contributed by atoms with van der Waals surface area (Å²) in [6, 6.07) is 0. The average molecular weight is 527 g/mol. The van der Waals surface area contributed by atoms with Crippen LogP contribution in [0.15, 0.2) is 11.6 Å². The minimum Gasteiger partial charge on any atom is -0.481 e. The number of fused-ring (bicyclic) bond motifs is 7. The maximum absolute atomic E-state index is 12.9. The van der Waals surface area contributed by atoms with Gasteiger partial charge in [-0.25, -0.2) is 0 Å². The van der Waals surface area contributed by atoms with Crippen molar-refractivity contribution in [3.8, 4) is 0 Å². The molecule has 0 aromatic rings. The van der Waals surface area contributed by atoms with E-state index in [9.17, 15) is 14.7 Å². The van der Waals surface area contributed by atoms with Crippen molar-refractivity contribution in [3.63, 3.8) is 0 Å². The molecule has 0 saturated heterocycles. The van der Waals surface area contributed by atoms with Crippen LogP contribution in [0.4, 0.5) is 0 Å². The van der Waals surface area contributed by atoms with Gasteiger partial charge in [0.1, 0.15) is 6.10 Å². The van der Waals surface area contributed by atoms with Crippen molar-refractivity contribution < 1.29 is 19.4 Å². The lowest BCUT2D eigenvalue weighted by Crippen LogP contribution is -2.65. The van der Waals surface area contributed by atoms with Crippen molar-refractivity contribution in [1.29, 1.82) is 0 Å². The Bertz CT molecular complexity index is 1010. The summed E-state index contributed by atoms with van der Waals surface area (Å²) in [5.74, 6) is 1.65. The zero-order valence-electron chi connectivity index (χ0n) is 25.5. The summed E-state index contributed by atoms with van der Waals surface area (Å²) < 4.78 is 6.12. The molecule has 0 amide bonds. The number of carboxylic acid groups (broad SMARTS) is 1. The van der Waals surface area contributed by atoms with Gasteiger partial charge in [-0.05, 0) is 110 Å². The number of hydrogen-bond donors (Lipinski definition) is 1. The normalized spacial score (nSPS) is 49.4. The second-order valence-corrected chi connectivity index (χ2v) is 15.7. The molecule has 1 unspecified atom stereocenters. The molecule has 1 N–H and O–H groups in total. The first kappa shape index (κ1) is 28.2. The molecule has 5 aliphatic rings.